The van der Waals surface area contributed by atoms with Gasteiger partial charge in [-0.15, -0.1) is 0 Å². The van der Waals surface area contributed by atoms with Crippen LogP contribution in [0.15, 0.2) is 35.1 Å². The molecule has 1 saturated heterocycles. The van der Waals surface area contributed by atoms with Crippen LogP contribution in [0.3, 0.4) is 0 Å². The predicted molar refractivity (Wildman–Crippen MR) is 131 cm³/mol. The minimum atomic E-state index is -0.146. The van der Waals surface area contributed by atoms with Crippen LogP contribution in [0.1, 0.15) is 58.7 Å². The number of H-pyrrole nitrogens is 1. The van der Waals surface area contributed by atoms with Crippen LogP contribution in [0, 0.1) is 26.2 Å². The van der Waals surface area contributed by atoms with E-state index >= 15 is 0 Å². The molecule has 2 aliphatic carbocycles. The third-order valence-corrected chi connectivity index (χ3v) is 8.55. The van der Waals surface area contributed by atoms with Gasteiger partial charge < -0.3 is 24.9 Å². The van der Waals surface area contributed by atoms with Gasteiger partial charge in [0.05, 0.1) is 24.8 Å². The van der Waals surface area contributed by atoms with Crippen molar-refractivity contribution in [1.82, 2.24) is 20.2 Å². The molecule has 1 amide bonds. The molecule has 1 aliphatic heterocycles. The van der Waals surface area contributed by atoms with Gasteiger partial charge in [0.25, 0.3) is 11.5 Å². The first-order valence-electron chi connectivity index (χ1n) is 12.2. The number of aryl methyl sites for hydroxylation is 2. The fourth-order valence-electron chi connectivity index (χ4n) is 6.37. The normalized spacial score (nSPS) is 26.1. The Labute approximate surface area is 198 Å². The molecule has 3 fully saturated rings. The van der Waals surface area contributed by atoms with Gasteiger partial charge in [0.2, 0.25) is 0 Å². The largest absolute Gasteiger partial charge is 0.378 e. The average molecular weight is 461 g/mol. The molecule has 6 rings (SSSR count). The Bertz CT molecular complexity index is 1370. The zero-order valence-electron chi connectivity index (χ0n) is 20.2. The van der Waals surface area contributed by atoms with Gasteiger partial charge in [-0.25, -0.2) is 0 Å². The van der Waals surface area contributed by atoms with Crippen molar-refractivity contribution in [1.29, 1.82) is 0 Å². The fourth-order valence-corrected chi connectivity index (χ4v) is 6.37. The Kier molecular flexibility index (Phi) is 4.64. The van der Waals surface area contributed by atoms with Gasteiger partial charge in [-0.2, -0.15) is 0 Å². The Morgan fingerprint density at radius 3 is 2.65 bits per heavy atom. The highest BCUT2D eigenvalue weighted by atomic mass is 16.5. The molecule has 34 heavy (non-hydrogen) atoms. The highest BCUT2D eigenvalue weighted by Gasteiger charge is 2.85. The number of aromatic nitrogens is 2. The Balaban J connectivity index is 1.29. The molecule has 7 heteroatoms. The van der Waals surface area contributed by atoms with Crippen LogP contribution in [-0.2, 0) is 11.3 Å². The fraction of sp³-hybridized carbons (Fsp3) is 0.481. The number of pyridine rings is 1. The molecule has 1 aromatic carbocycles. The molecule has 178 valence electrons. The van der Waals surface area contributed by atoms with Crippen molar-refractivity contribution in [3.05, 3.63) is 68.8 Å². The maximum absolute atomic E-state index is 13.4. The van der Waals surface area contributed by atoms with E-state index in [1.54, 1.807) is 0 Å². The van der Waals surface area contributed by atoms with E-state index in [0.29, 0.717) is 17.2 Å². The van der Waals surface area contributed by atoms with Crippen LogP contribution in [0.5, 0.6) is 0 Å². The quantitative estimate of drug-likeness (QED) is 0.505. The molecule has 3 aliphatic rings. The number of ether oxygens (including phenoxy) is 1. The van der Waals surface area contributed by atoms with Crippen molar-refractivity contribution in [3.8, 4) is 0 Å². The monoisotopic (exact) mass is 460 g/mol. The topological polar surface area (TPSA) is 88.2 Å². The highest BCUT2D eigenvalue weighted by molar-refractivity contribution is 6.08. The third kappa shape index (κ3) is 3.03. The first-order valence-corrected chi connectivity index (χ1v) is 12.2. The molecule has 2 saturated carbocycles. The molecule has 3 heterocycles. The van der Waals surface area contributed by atoms with Gasteiger partial charge in [0.1, 0.15) is 0 Å². The smallest absolute Gasteiger partial charge is 0.254 e. The molecule has 1 atom stereocenters. The van der Waals surface area contributed by atoms with Gasteiger partial charge >= 0.3 is 0 Å². The van der Waals surface area contributed by atoms with Crippen LogP contribution in [0.25, 0.3) is 10.9 Å². The van der Waals surface area contributed by atoms with Gasteiger partial charge in [-0.3, -0.25) is 9.59 Å². The molecule has 0 bridgehead atoms. The molecule has 2 aromatic heterocycles. The molecule has 7 nitrogen and oxygen atoms in total. The van der Waals surface area contributed by atoms with Crippen LogP contribution >= 0.6 is 0 Å². The van der Waals surface area contributed by atoms with Crippen molar-refractivity contribution in [2.24, 2.45) is 5.41 Å². The van der Waals surface area contributed by atoms with Crippen molar-refractivity contribution < 1.29 is 9.53 Å². The van der Waals surface area contributed by atoms with Crippen molar-refractivity contribution in [2.45, 2.75) is 64.7 Å². The first-order chi connectivity index (χ1) is 16.3. The lowest BCUT2D eigenvalue weighted by Crippen LogP contribution is -2.49. The van der Waals surface area contributed by atoms with E-state index in [-0.39, 0.29) is 35.0 Å². The maximum atomic E-state index is 13.4. The number of nitrogens with zero attached hydrogens (tertiary/aromatic N) is 1. The lowest BCUT2D eigenvalue weighted by molar-refractivity contribution is -0.00879. The lowest BCUT2D eigenvalue weighted by Gasteiger charge is -2.28. The summed E-state index contributed by atoms with van der Waals surface area (Å²) in [6.07, 6.45) is 2.36. The molecule has 0 radical (unpaired) electrons. The number of amides is 1. The molecular formula is C27H32N4O3. The Morgan fingerprint density at radius 1 is 1.24 bits per heavy atom. The van der Waals surface area contributed by atoms with E-state index in [0.717, 1.165) is 41.1 Å². The summed E-state index contributed by atoms with van der Waals surface area (Å²) in [7, 11) is 0. The summed E-state index contributed by atoms with van der Waals surface area (Å²) in [4.78, 5) is 28.7. The summed E-state index contributed by atoms with van der Waals surface area (Å²) in [5.74, 6) is -0.140. The molecule has 3 N–H and O–H groups in total. The van der Waals surface area contributed by atoms with E-state index in [1.807, 2.05) is 45.0 Å². The number of nitrogens with one attached hydrogen (secondary N) is 3. The van der Waals surface area contributed by atoms with Crippen LogP contribution < -0.4 is 16.2 Å². The van der Waals surface area contributed by atoms with Gasteiger partial charge in [0, 0.05) is 51.4 Å². The molecule has 0 unspecified atom stereocenters. The van der Waals surface area contributed by atoms with E-state index in [9.17, 15) is 9.59 Å². The van der Waals surface area contributed by atoms with Gasteiger partial charge in [-0.05, 0) is 58.2 Å². The van der Waals surface area contributed by atoms with Gasteiger partial charge in [0.15, 0.2) is 0 Å². The average Bonchev–Trinajstić information content (AvgIpc) is 3.54. The number of carbonyl (C=O) groups excluding carboxylic acids is 1. The number of benzene rings is 1. The Hall–Kier alpha value is -2.90. The number of hydrogen-bond donors (Lipinski definition) is 3. The number of hydrogen-bond acceptors (Lipinski definition) is 4. The summed E-state index contributed by atoms with van der Waals surface area (Å²) in [5.41, 5.74) is 5.43. The van der Waals surface area contributed by atoms with E-state index in [1.165, 1.54) is 12.8 Å². The number of aromatic amines is 1. The van der Waals surface area contributed by atoms with Crippen LogP contribution in [-0.4, -0.2) is 40.3 Å². The first kappa shape index (κ1) is 21.6. The SMILES string of the molecule is Cc1cc(C)c(CNC(=O)c2c(C)n([C@H](C)C34CC3(NC3COC3)C4)c3ccccc23)c(=O)[nH]1. The molecule has 0 spiro atoms. The van der Waals surface area contributed by atoms with Crippen LogP contribution in [0.4, 0.5) is 0 Å². The second-order valence-electron chi connectivity index (χ2n) is 10.6. The van der Waals surface area contributed by atoms with Gasteiger partial charge in [-0.1, -0.05) is 18.2 Å². The standard InChI is InChI=1S/C27H32N4O3/c1-15-9-16(2)29-24(32)21(15)10-28-25(33)23-17(3)31(22-8-6-5-7-20(22)23)18(4)26-13-27(26,14-26)30-19-11-34-12-19/h5-9,18-19,30H,10-14H2,1-4H3,(H,28,33)(H,29,32)/t18-,26?,27?/m1/s1. The third-order valence-electron chi connectivity index (χ3n) is 8.55. The van der Waals surface area contributed by atoms with E-state index in [4.69, 9.17) is 4.74 Å². The summed E-state index contributed by atoms with van der Waals surface area (Å²) in [6.45, 7) is 9.93. The van der Waals surface area contributed by atoms with Crippen molar-refractivity contribution in [2.75, 3.05) is 13.2 Å². The van der Waals surface area contributed by atoms with Crippen molar-refractivity contribution >= 4 is 16.8 Å². The minimum Gasteiger partial charge on any atom is -0.378 e. The molecule has 3 aromatic rings. The highest BCUT2D eigenvalue weighted by Crippen LogP contribution is 2.83. The summed E-state index contributed by atoms with van der Waals surface area (Å²) in [5, 5.41) is 7.81. The number of carbonyl (C=O) groups is 1. The predicted octanol–water partition coefficient (Wildman–Crippen LogP) is 3.27. The number of fused-ring (bicyclic) bond motifs is 2. The second kappa shape index (κ2) is 7.30. The number of para-hydroxylation sites is 1. The van der Waals surface area contributed by atoms with Crippen molar-refractivity contribution in [3.63, 3.8) is 0 Å². The second-order valence-corrected chi connectivity index (χ2v) is 10.6. The molecular weight excluding hydrogens is 428 g/mol. The van der Waals surface area contributed by atoms with E-state index in [2.05, 4.69) is 33.2 Å². The zero-order chi connectivity index (χ0) is 23.8. The maximum Gasteiger partial charge on any atom is 0.254 e. The number of rotatable bonds is 7. The van der Waals surface area contributed by atoms with Crippen LogP contribution in [0.2, 0.25) is 0 Å². The summed E-state index contributed by atoms with van der Waals surface area (Å²) in [6, 6.07) is 10.9. The Morgan fingerprint density at radius 2 is 1.97 bits per heavy atom. The summed E-state index contributed by atoms with van der Waals surface area (Å²) >= 11 is 0. The lowest BCUT2D eigenvalue weighted by atomic mass is 10.1. The minimum absolute atomic E-state index is 0.140. The zero-order valence-corrected chi connectivity index (χ0v) is 20.2. The summed E-state index contributed by atoms with van der Waals surface area (Å²) < 4.78 is 7.72. The van der Waals surface area contributed by atoms with E-state index < -0.39 is 0 Å².